The fourth-order valence-electron chi connectivity index (χ4n) is 2.85. The lowest BCUT2D eigenvalue weighted by atomic mass is 10.1. The van der Waals surface area contributed by atoms with E-state index in [0.717, 1.165) is 22.9 Å². The number of anilines is 2. The van der Waals surface area contributed by atoms with Gasteiger partial charge in [0.25, 0.3) is 0 Å². The van der Waals surface area contributed by atoms with Crippen LogP contribution in [0.1, 0.15) is 0 Å². The van der Waals surface area contributed by atoms with Gasteiger partial charge in [0.15, 0.2) is 0 Å². The van der Waals surface area contributed by atoms with Gasteiger partial charge in [-0.1, -0.05) is 30.3 Å². The summed E-state index contributed by atoms with van der Waals surface area (Å²) >= 11 is 0. The molecule has 0 bridgehead atoms. The second-order valence-electron chi connectivity index (χ2n) is 5.58. The minimum Gasteiger partial charge on any atom is -0.507 e. The number of fused-ring (bicyclic) bond motifs is 1. The van der Waals surface area contributed by atoms with Crippen LogP contribution < -0.4 is 10.1 Å². The van der Waals surface area contributed by atoms with E-state index in [2.05, 4.69) is 5.32 Å². The molecule has 0 aliphatic carbocycles. The molecule has 0 aliphatic heterocycles. The highest BCUT2D eigenvalue weighted by atomic mass is 16.5. The minimum absolute atomic E-state index is 0.189. The number of hydrogen-bond acceptors (Lipinski definition) is 4. The fraction of sp³-hybridized carbons (Fsp3) is 0.0500. The summed E-state index contributed by atoms with van der Waals surface area (Å²) in [6.07, 6.45) is 1.93. The molecule has 25 heavy (non-hydrogen) atoms. The first kappa shape index (κ1) is 15.1. The third kappa shape index (κ3) is 2.65. The number of aromatic nitrogens is 2. The number of methoxy groups -OCH3 is 1. The number of nitrogens with one attached hydrogen (secondary N) is 1. The van der Waals surface area contributed by atoms with E-state index in [9.17, 15) is 5.11 Å². The van der Waals surface area contributed by atoms with Gasteiger partial charge in [-0.25, -0.2) is 4.98 Å². The first-order valence-corrected chi connectivity index (χ1v) is 7.93. The number of para-hydroxylation sites is 3. The standard InChI is InChI=1S/C20H17N3O2/c1-25-17-11-5-3-9-15(17)21-20-19(14-8-2-4-10-16(14)24)22-18-12-6-7-13-23(18)20/h2-13,21,24H,1H3. The van der Waals surface area contributed by atoms with Gasteiger partial charge >= 0.3 is 0 Å². The molecule has 0 aliphatic rings. The second kappa shape index (κ2) is 6.20. The average molecular weight is 331 g/mol. The van der Waals surface area contributed by atoms with Gasteiger partial charge in [-0.3, -0.25) is 4.40 Å². The lowest BCUT2D eigenvalue weighted by Crippen LogP contribution is -1.99. The maximum Gasteiger partial charge on any atom is 0.143 e. The molecular weight excluding hydrogens is 314 g/mol. The SMILES string of the molecule is COc1ccccc1Nc1c(-c2ccccc2O)nc2ccccn12. The number of benzene rings is 2. The zero-order chi connectivity index (χ0) is 17.2. The molecule has 4 rings (SSSR count). The lowest BCUT2D eigenvalue weighted by Gasteiger charge is -2.12. The molecule has 2 heterocycles. The van der Waals surface area contributed by atoms with E-state index < -0.39 is 0 Å². The van der Waals surface area contributed by atoms with Gasteiger partial charge < -0.3 is 15.2 Å². The second-order valence-corrected chi connectivity index (χ2v) is 5.58. The van der Waals surface area contributed by atoms with E-state index in [1.165, 1.54) is 0 Å². The molecule has 0 saturated heterocycles. The fourth-order valence-corrected chi connectivity index (χ4v) is 2.85. The highest BCUT2D eigenvalue weighted by Crippen LogP contribution is 2.37. The number of aromatic hydroxyl groups is 1. The van der Waals surface area contributed by atoms with Crippen molar-refractivity contribution in [2.45, 2.75) is 0 Å². The normalized spacial score (nSPS) is 10.8. The molecule has 0 amide bonds. The Bertz CT molecular complexity index is 1040. The molecule has 124 valence electrons. The average Bonchev–Trinajstić information content (AvgIpc) is 3.01. The minimum atomic E-state index is 0.189. The number of rotatable bonds is 4. The van der Waals surface area contributed by atoms with Crippen molar-refractivity contribution in [3.8, 4) is 22.8 Å². The van der Waals surface area contributed by atoms with Crippen LogP contribution in [0.4, 0.5) is 11.5 Å². The first-order chi connectivity index (χ1) is 12.3. The highest BCUT2D eigenvalue weighted by Gasteiger charge is 2.17. The highest BCUT2D eigenvalue weighted by molar-refractivity contribution is 5.83. The Morgan fingerprint density at radius 1 is 0.960 bits per heavy atom. The van der Waals surface area contributed by atoms with E-state index in [0.29, 0.717) is 11.3 Å². The summed E-state index contributed by atoms with van der Waals surface area (Å²) in [6, 6.07) is 20.7. The molecule has 4 aromatic rings. The van der Waals surface area contributed by atoms with Crippen molar-refractivity contribution < 1.29 is 9.84 Å². The third-order valence-electron chi connectivity index (χ3n) is 4.05. The first-order valence-electron chi connectivity index (χ1n) is 7.93. The summed E-state index contributed by atoms with van der Waals surface area (Å²) in [4.78, 5) is 4.70. The largest absolute Gasteiger partial charge is 0.507 e. The van der Waals surface area contributed by atoms with E-state index in [1.807, 2.05) is 65.2 Å². The zero-order valence-corrected chi connectivity index (χ0v) is 13.7. The third-order valence-corrected chi connectivity index (χ3v) is 4.05. The van der Waals surface area contributed by atoms with E-state index in [-0.39, 0.29) is 5.75 Å². The number of hydrogen-bond donors (Lipinski definition) is 2. The van der Waals surface area contributed by atoms with Gasteiger partial charge in [0.2, 0.25) is 0 Å². The Balaban J connectivity index is 1.93. The Labute approximate surface area is 145 Å². The van der Waals surface area contributed by atoms with E-state index in [4.69, 9.17) is 9.72 Å². The Morgan fingerprint density at radius 2 is 1.72 bits per heavy atom. The number of ether oxygens (including phenoxy) is 1. The quantitative estimate of drug-likeness (QED) is 0.580. The van der Waals surface area contributed by atoms with Crippen molar-refractivity contribution in [1.82, 2.24) is 9.38 Å². The Morgan fingerprint density at radius 3 is 2.56 bits per heavy atom. The van der Waals surface area contributed by atoms with Gasteiger partial charge in [-0.2, -0.15) is 0 Å². The number of nitrogens with zero attached hydrogens (tertiary/aromatic N) is 2. The predicted molar refractivity (Wildman–Crippen MR) is 98.6 cm³/mol. The molecule has 0 unspecified atom stereocenters. The van der Waals surface area contributed by atoms with Crippen molar-refractivity contribution in [2.75, 3.05) is 12.4 Å². The molecule has 0 radical (unpaired) electrons. The molecule has 5 nitrogen and oxygen atoms in total. The zero-order valence-electron chi connectivity index (χ0n) is 13.7. The molecule has 2 aromatic heterocycles. The molecule has 0 fully saturated rings. The van der Waals surface area contributed by atoms with Crippen molar-refractivity contribution in [3.05, 3.63) is 72.9 Å². The molecule has 2 N–H and O–H groups in total. The van der Waals surface area contributed by atoms with Crippen LogP contribution in [-0.2, 0) is 0 Å². The van der Waals surface area contributed by atoms with Crippen LogP contribution in [0, 0.1) is 0 Å². The van der Waals surface area contributed by atoms with Gasteiger partial charge in [0.1, 0.15) is 28.7 Å². The molecule has 2 aromatic carbocycles. The van der Waals surface area contributed by atoms with Crippen LogP contribution in [0.5, 0.6) is 11.5 Å². The van der Waals surface area contributed by atoms with E-state index >= 15 is 0 Å². The number of imidazole rings is 1. The number of phenols is 1. The summed E-state index contributed by atoms with van der Waals surface area (Å²) in [6.45, 7) is 0. The van der Waals surface area contributed by atoms with Crippen molar-refractivity contribution in [1.29, 1.82) is 0 Å². The maximum atomic E-state index is 10.3. The van der Waals surface area contributed by atoms with Gasteiger partial charge in [0.05, 0.1) is 12.8 Å². The van der Waals surface area contributed by atoms with Gasteiger partial charge in [-0.05, 0) is 36.4 Å². The monoisotopic (exact) mass is 331 g/mol. The summed E-state index contributed by atoms with van der Waals surface area (Å²) in [5.41, 5.74) is 2.96. The summed E-state index contributed by atoms with van der Waals surface area (Å²) in [5.74, 6) is 1.69. The molecule has 5 heteroatoms. The topological polar surface area (TPSA) is 58.8 Å². The Hall–Kier alpha value is -3.47. The molecule has 0 spiro atoms. The van der Waals surface area contributed by atoms with Crippen LogP contribution in [0.3, 0.4) is 0 Å². The predicted octanol–water partition coefficient (Wildman–Crippen LogP) is 4.46. The van der Waals surface area contributed by atoms with E-state index in [1.54, 1.807) is 19.2 Å². The summed E-state index contributed by atoms with van der Waals surface area (Å²) < 4.78 is 7.39. The number of phenolic OH excluding ortho intramolecular Hbond substituents is 1. The maximum absolute atomic E-state index is 10.3. The van der Waals surface area contributed by atoms with Crippen LogP contribution in [0.25, 0.3) is 16.9 Å². The van der Waals surface area contributed by atoms with Crippen LogP contribution >= 0.6 is 0 Å². The van der Waals surface area contributed by atoms with Crippen molar-refractivity contribution in [2.24, 2.45) is 0 Å². The van der Waals surface area contributed by atoms with Gasteiger partial charge in [-0.15, -0.1) is 0 Å². The van der Waals surface area contributed by atoms with Crippen molar-refractivity contribution >= 4 is 17.2 Å². The smallest absolute Gasteiger partial charge is 0.143 e. The molecule has 0 saturated carbocycles. The van der Waals surface area contributed by atoms with Crippen LogP contribution in [-0.4, -0.2) is 21.6 Å². The van der Waals surface area contributed by atoms with Crippen LogP contribution in [0.2, 0.25) is 0 Å². The summed E-state index contributed by atoms with van der Waals surface area (Å²) in [5, 5.41) is 13.7. The Kier molecular flexibility index (Phi) is 3.74. The molecular formula is C20H17N3O2. The van der Waals surface area contributed by atoms with Crippen LogP contribution in [0.15, 0.2) is 72.9 Å². The lowest BCUT2D eigenvalue weighted by molar-refractivity contribution is 0.417. The summed E-state index contributed by atoms with van der Waals surface area (Å²) in [7, 11) is 1.64. The van der Waals surface area contributed by atoms with Crippen molar-refractivity contribution in [3.63, 3.8) is 0 Å². The van der Waals surface area contributed by atoms with Gasteiger partial charge in [0, 0.05) is 11.8 Å². The molecule has 0 atom stereocenters. The number of pyridine rings is 1.